The van der Waals surface area contributed by atoms with Crippen LogP contribution in [0.4, 0.5) is 0 Å². The lowest BCUT2D eigenvalue weighted by Crippen LogP contribution is -2.22. The van der Waals surface area contributed by atoms with Crippen molar-refractivity contribution in [3.05, 3.63) is 99.9 Å². The minimum absolute atomic E-state index is 0.141. The van der Waals surface area contributed by atoms with Crippen LogP contribution in [0, 0.1) is 0 Å². The van der Waals surface area contributed by atoms with Crippen molar-refractivity contribution in [1.29, 1.82) is 0 Å². The number of fused-ring (bicyclic) bond motifs is 1. The highest BCUT2D eigenvalue weighted by atomic mass is 79.9. The van der Waals surface area contributed by atoms with Crippen LogP contribution in [0.2, 0.25) is 0 Å². The van der Waals surface area contributed by atoms with Crippen molar-refractivity contribution in [1.82, 2.24) is 10.3 Å². The molecule has 1 heterocycles. The van der Waals surface area contributed by atoms with E-state index in [0.717, 1.165) is 21.1 Å². The van der Waals surface area contributed by atoms with Gasteiger partial charge in [0.25, 0.3) is 5.91 Å². The van der Waals surface area contributed by atoms with Crippen molar-refractivity contribution >= 4 is 32.9 Å². The fraction of sp³-hybridized carbons (Fsp3) is 0.0909. The second-order valence-corrected chi connectivity index (χ2v) is 7.18. The number of carbonyl (C=O) groups is 1. The second-order valence-electron chi connectivity index (χ2n) is 6.27. The number of benzene rings is 3. The smallest absolute Gasteiger partial charge is 0.251 e. The quantitative estimate of drug-likeness (QED) is 0.487. The number of nitrogens with zero attached hydrogens (tertiary/aromatic N) is 1. The first-order valence-electron chi connectivity index (χ1n) is 8.63. The maximum atomic E-state index is 12.5. The van der Waals surface area contributed by atoms with Gasteiger partial charge in [-0.25, -0.2) is 4.98 Å². The molecule has 1 N–H and O–H groups in total. The van der Waals surface area contributed by atoms with E-state index in [1.54, 1.807) is 12.1 Å². The summed E-state index contributed by atoms with van der Waals surface area (Å²) in [6.45, 7) is 0.464. The van der Waals surface area contributed by atoms with Gasteiger partial charge < -0.3 is 9.73 Å². The zero-order valence-corrected chi connectivity index (χ0v) is 16.1. The number of hydrogen-bond donors (Lipinski definition) is 1. The van der Waals surface area contributed by atoms with Crippen LogP contribution in [0.15, 0.2) is 81.7 Å². The molecule has 1 amide bonds. The Hall–Kier alpha value is -2.92. The van der Waals surface area contributed by atoms with Crippen LogP contribution in [0.1, 0.15) is 27.4 Å². The Morgan fingerprint density at radius 1 is 0.963 bits per heavy atom. The summed E-state index contributed by atoms with van der Waals surface area (Å²) in [6.07, 6.45) is 0.625. The standard InChI is InChI=1S/C22H17BrN2O2/c23-18-8-4-7-16(11-18)14-24-22(26)17-9-10-19-20(13-17)27-21(25-19)12-15-5-2-1-3-6-15/h1-11,13H,12,14H2,(H,24,26). The molecule has 4 aromatic rings. The Labute approximate surface area is 165 Å². The molecular weight excluding hydrogens is 404 g/mol. The number of hydrogen-bond acceptors (Lipinski definition) is 3. The van der Waals surface area contributed by atoms with E-state index in [0.29, 0.717) is 30.0 Å². The van der Waals surface area contributed by atoms with Crippen LogP contribution >= 0.6 is 15.9 Å². The van der Waals surface area contributed by atoms with E-state index in [4.69, 9.17) is 4.42 Å². The van der Waals surface area contributed by atoms with Gasteiger partial charge in [0.2, 0.25) is 0 Å². The van der Waals surface area contributed by atoms with E-state index >= 15 is 0 Å². The highest BCUT2D eigenvalue weighted by Crippen LogP contribution is 2.20. The lowest BCUT2D eigenvalue weighted by Gasteiger charge is -2.05. The zero-order chi connectivity index (χ0) is 18.6. The Bertz CT molecular complexity index is 1090. The topological polar surface area (TPSA) is 55.1 Å². The molecule has 0 bridgehead atoms. The first-order chi connectivity index (χ1) is 13.2. The molecule has 0 aliphatic carbocycles. The average Bonchev–Trinajstić information content (AvgIpc) is 3.08. The minimum atomic E-state index is -0.141. The van der Waals surface area contributed by atoms with Crippen LogP contribution in [-0.2, 0) is 13.0 Å². The lowest BCUT2D eigenvalue weighted by atomic mass is 10.1. The van der Waals surface area contributed by atoms with Gasteiger partial charge in [-0.3, -0.25) is 4.79 Å². The summed E-state index contributed by atoms with van der Waals surface area (Å²) < 4.78 is 6.83. The van der Waals surface area contributed by atoms with Gasteiger partial charge in [-0.1, -0.05) is 58.4 Å². The Morgan fingerprint density at radius 2 is 1.78 bits per heavy atom. The third-order valence-electron chi connectivity index (χ3n) is 4.24. The maximum absolute atomic E-state index is 12.5. The van der Waals surface area contributed by atoms with Crippen LogP contribution in [0.3, 0.4) is 0 Å². The molecule has 4 rings (SSSR count). The molecule has 0 saturated heterocycles. The SMILES string of the molecule is O=C(NCc1cccc(Br)c1)c1ccc2nc(Cc3ccccc3)oc2c1. The lowest BCUT2D eigenvalue weighted by molar-refractivity contribution is 0.0951. The van der Waals surface area contributed by atoms with Crippen LogP contribution in [0.25, 0.3) is 11.1 Å². The number of amides is 1. The van der Waals surface area contributed by atoms with Crippen molar-refractivity contribution in [3.8, 4) is 0 Å². The summed E-state index contributed by atoms with van der Waals surface area (Å²) >= 11 is 3.44. The first kappa shape index (κ1) is 17.5. The van der Waals surface area contributed by atoms with Crippen LogP contribution in [0.5, 0.6) is 0 Å². The number of oxazole rings is 1. The fourth-order valence-corrected chi connectivity index (χ4v) is 3.34. The Morgan fingerprint density at radius 3 is 2.59 bits per heavy atom. The number of carbonyl (C=O) groups excluding carboxylic acids is 1. The van der Waals surface area contributed by atoms with Gasteiger partial charge in [0.1, 0.15) is 5.52 Å². The van der Waals surface area contributed by atoms with E-state index in [-0.39, 0.29) is 5.91 Å². The van der Waals surface area contributed by atoms with Gasteiger partial charge in [-0.05, 0) is 41.5 Å². The van der Waals surface area contributed by atoms with Crippen LogP contribution in [-0.4, -0.2) is 10.9 Å². The van der Waals surface area contributed by atoms with E-state index in [1.807, 2.05) is 60.7 Å². The molecule has 0 unspecified atom stereocenters. The van der Waals surface area contributed by atoms with Gasteiger partial charge in [-0.15, -0.1) is 0 Å². The first-order valence-corrected chi connectivity index (χ1v) is 9.43. The van der Waals surface area contributed by atoms with E-state index in [9.17, 15) is 4.79 Å². The summed E-state index contributed by atoms with van der Waals surface area (Å²) in [5, 5.41) is 2.93. The molecule has 4 nitrogen and oxygen atoms in total. The third-order valence-corrected chi connectivity index (χ3v) is 4.73. The summed E-state index contributed by atoms with van der Waals surface area (Å²) in [4.78, 5) is 17.0. The molecular formula is C22H17BrN2O2. The second kappa shape index (κ2) is 7.76. The molecule has 0 radical (unpaired) electrons. The number of rotatable bonds is 5. The summed E-state index contributed by atoms with van der Waals surface area (Å²) in [5.41, 5.74) is 4.10. The van der Waals surface area contributed by atoms with Gasteiger partial charge in [0, 0.05) is 23.0 Å². The molecule has 5 heteroatoms. The number of halogens is 1. The molecule has 27 heavy (non-hydrogen) atoms. The molecule has 3 aromatic carbocycles. The van der Waals surface area contributed by atoms with Crippen molar-refractivity contribution in [2.24, 2.45) is 0 Å². The van der Waals surface area contributed by atoms with E-state index < -0.39 is 0 Å². The predicted octanol–water partition coefficient (Wildman–Crippen LogP) is 5.11. The average molecular weight is 421 g/mol. The summed E-state index contributed by atoms with van der Waals surface area (Å²) in [7, 11) is 0. The van der Waals surface area contributed by atoms with Gasteiger partial charge in [-0.2, -0.15) is 0 Å². The molecule has 0 saturated carbocycles. The minimum Gasteiger partial charge on any atom is -0.440 e. The normalized spacial score (nSPS) is 10.9. The van der Waals surface area contributed by atoms with E-state index in [1.165, 1.54) is 0 Å². The van der Waals surface area contributed by atoms with Crippen molar-refractivity contribution in [2.75, 3.05) is 0 Å². The van der Waals surface area contributed by atoms with Crippen LogP contribution < -0.4 is 5.32 Å². The molecule has 0 aliphatic rings. The third kappa shape index (κ3) is 4.26. The number of nitrogens with one attached hydrogen (secondary N) is 1. The highest BCUT2D eigenvalue weighted by molar-refractivity contribution is 9.10. The molecule has 134 valence electrons. The Balaban J connectivity index is 1.48. The largest absolute Gasteiger partial charge is 0.440 e. The van der Waals surface area contributed by atoms with Crippen molar-refractivity contribution in [3.63, 3.8) is 0 Å². The fourth-order valence-electron chi connectivity index (χ4n) is 2.89. The Kier molecular flexibility index (Phi) is 5.03. The molecule has 0 atom stereocenters. The highest BCUT2D eigenvalue weighted by Gasteiger charge is 2.11. The predicted molar refractivity (Wildman–Crippen MR) is 109 cm³/mol. The monoisotopic (exact) mass is 420 g/mol. The molecule has 0 spiro atoms. The van der Waals surface area contributed by atoms with Gasteiger partial charge in [0.15, 0.2) is 11.5 Å². The summed E-state index contributed by atoms with van der Waals surface area (Å²) in [5.74, 6) is 0.501. The zero-order valence-electron chi connectivity index (χ0n) is 14.5. The van der Waals surface area contributed by atoms with E-state index in [2.05, 4.69) is 26.2 Å². The molecule has 1 aromatic heterocycles. The number of aromatic nitrogens is 1. The molecule has 0 aliphatic heterocycles. The van der Waals surface area contributed by atoms with Gasteiger partial charge >= 0.3 is 0 Å². The maximum Gasteiger partial charge on any atom is 0.251 e. The summed E-state index contributed by atoms with van der Waals surface area (Å²) in [6, 6.07) is 23.2. The molecule has 0 fully saturated rings. The van der Waals surface area contributed by atoms with Gasteiger partial charge in [0.05, 0.1) is 0 Å². The van der Waals surface area contributed by atoms with Crippen molar-refractivity contribution in [2.45, 2.75) is 13.0 Å². The van der Waals surface area contributed by atoms with Crippen molar-refractivity contribution < 1.29 is 9.21 Å².